The van der Waals surface area contributed by atoms with Gasteiger partial charge in [0.2, 0.25) is 0 Å². The van der Waals surface area contributed by atoms with E-state index >= 15 is 0 Å². The van der Waals surface area contributed by atoms with Crippen molar-refractivity contribution >= 4 is 5.78 Å². The van der Waals surface area contributed by atoms with E-state index in [1.807, 2.05) is 0 Å². The van der Waals surface area contributed by atoms with Gasteiger partial charge in [0.05, 0.1) is 0 Å². The Balaban J connectivity index is 2.99. The Bertz CT molecular complexity index is 170. The van der Waals surface area contributed by atoms with Gasteiger partial charge in [0.25, 0.3) is 0 Å². The van der Waals surface area contributed by atoms with Crippen LogP contribution in [-0.4, -0.2) is 5.78 Å². The predicted molar refractivity (Wildman–Crippen MR) is 67.0 cm³/mol. The Labute approximate surface area is 95.0 Å². The topological polar surface area (TPSA) is 17.1 Å². The van der Waals surface area contributed by atoms with Crippen molar-refractivity contribution in [1.82, 2.24) is 0 Å². The second-order valence-corrected chi connectivity index (χ2v) is 4.24. The van der Waals surface area contributed by atoms with Gasteiger partial charge < -0.3 is 4.79 Å². The van der Waals surface area contributed by atoms with E-state index < -0.39 is 0 Å². The van der Waals surface area contributed by atoms with Gasteiger partial charge in [0.15, 0.2) is 0 Å². The molecule has 0 aliphatic carbocycles. The van der Waals surface area contributed by atoms with E-state index in [9.17, 15) is 4.79 Å². The quantitative estimate of drug-likeness (QED) is 0.378. The van der Waals surface area contributed by atoms with Gasteiger partial charge in [-0.1, -0.05) is 44.8 Å². The molecule has 0 atom stereocenters. The highest BCUT2D eigenvalue weighted by molar-refractivity contribution is 5.75. The standard InChI is InChI=1S/C14H26O/c1-3-4-5-6-7-8-9-10-11-12-13-14(2)15/h4-5H,3,6-13H2,1-2H3. The highest BCUT2D eigenvalue weighted by Gasteiger charge is 1.93. The zero-order chi connectivity index (χ0) is 11.4. The fourth-order valence-electron chi connectivity index (χ4n) is 1.63. The second kappa shape index (κ2) is 11.5. The van der Waals surface area contributed by atoms with E-state index in [4.69, 9.17) is 0 Å². The summed E-state index contributed by atoms with van der Waals surface area (Å²) in [7, 11) is 0. The first-order valence-corrected chi connectivity index (χ1v) is 6.41. The second-order valence-electron chi connectivity index (χ2n) is 4.24. The van der Waals surface area contributed by atoms with Crippen LogP contribution in [0.4, 0.5) is 0 Å². The molecule has 0 radical (unpaired) electrons. The molecule has 0 aromatic carbocycles. The van der Waals surface area contributed by atoms with Gasteiger partial charge >= 0.3 is 0 Å². The van der Waals surface area contributed by atoms with Crippen molar-refractivity contribution in [3.8, 4) is 0 Å². The van der Waals surface area contributed by atoms with Gasteiger partial charge in [-0.15, -0.1) is 0 Å². The van der Waals surface area contributed by atoms with Gasteiger partial charge in [0, 0.05) is 6.42 Å². The largest absolute Gasteiger partial charge is 0.300 e. The lowest BCUT2D eigenvalue weighted by molar-refractivity contribution is -0.117. The monoisotopic (exact) mass is 210 g/mol. The number of allylic oxidation sites excluding steroid dienone is 2. The van der Waals surface area contributed by atoms with Crippen LogP contribution in [-0.2, 0) is 4.79 Å². The molecule has 1 nitrogen and oxygen atoms in total. The van der Waals surface area contributed by atoms with Crippen LogP contribution in [0.25, 0.3) is 0 Å². The van der Waals surface area contributed by atoms with Crippen LogP contribution in [0.2, 0.25) is 0 Å². The summed E-state index contributed by atoms with van der Waals surface area (Å²) in [5.41, 5.74) is 0. The lowest BCUT2D eigenvalue weighted by atomic mass is 10.1. The highest BCUT2D eigenvalue weighted by Crippen LogP contribution is 2.09. The lowest BCUT2D eigenvalue weighted by Gasteiger charge is -1.99. The summed E-state index contributed by atoms with van der Waals surface area (Å²) in [5, 5.41) is 0. The third-order valence-corrected chi connectivity index (χ3v) is 2.55. The van der Waals surface area contributed by atoms with Gasteiger partial charge in [0.1, 0.15) is 5.78 Å². The summed E-state index contributed by atoms with van der Waals surface area (Å²) in [6.07, 6.45) is 15.3. The SMILES string of the molecule is CCC=CCCCCCCCCC(C)=O. The van der Waals surface area contributed by atoms with Crippen LogP contribution in [0.5, 0.6) is 0 Å². The minimum Gasteiger partial charge on any atom is -0.300 e. The van der Waals surface area contributed by atoms with Crippen LogP contribution < -0.4 is 0 Å². The van der Waals surface area contributed by atoms with E-state index in [2.05, 4.69) is 19.1 Å². The van der Waals surface area contributed by atoms with Crippen LogP contribution in [0, 0.1) is 0 Å². The summed E-state index contributed by atoms with van der Waals surface area (Å²) in [6, 6.07) is 0. The molecule has 0 aliphatic rings. The molecule has 0 N–H and O–H groups in total. The number of carbonyl (C=O) groups excluding carboxylic acids is 1. The number of hydrogen-bond donors (Lipinski definition) is 0. The molecule has 0 fully saturated rings. The van der Waals surface area contributed by atoms with Crippen molar-refractivity contribution in [2.45, 2.75) is 71.6 Å². The number of Topliss-reactive ketones (excluding diaryl/α,β-unsaturated/α-hetero) is 1. The van der Waals surface area contributed by atoms with Crippen molar-refractivity contribution in [2.75, 3.05) is 0 Å². The number of ketones is 1. The molecule has 0 rings (SSSR count). The fourth-order valence-corrected chi connectivity index (χ4v) is 1.63. The molecule has 0 saturated heterocycles. The number of carbonyl (C=O) groups is 1. The smallest absolute Gasteiger partial charge is 0.129 e. The molecule has 0 aliphatic heterocycles. The third-order valence-electron chi connectivity index (χ3n) is 2.55. The third kappa shape index (κ3) is 13.4. The summed E-state index contributed by atoms with van der Waals surface area (Å²) in [5.74, 6) is 0.333. The van der Waals surface area contributed by atoms with E-state index in [0.29, 0.717) is 5.78 Å². The molecule has 0 bridgehead atoms. The Kier molecular flexibility index (Phi) is 11.0. The average Bonchev–Trinajstić information content (AvgIpc) is 2.20. The molecular weight excluding hydrogens is 184 g/mol. The first kappa shape index (κ1) is 14.4. The van der Waals surface area contributed by atoms with Gasteiger partial charge in [-0.3, -0.25) is 0 Å². The van der Waals surface area contributed by atoms with Gasteiger partial charge in [-0.2, -0.15) is 0 Å². The molecule has 0 unspecified atom stereocenters. The number of hydrogen-bond acceptors (Lipinski definition) is 1. The van der Waals surface area contributed by atoms with Crippen LogP contribution in [0.15, 0.2) is 12.2 Å². The van der Waals surface area contributed by atoms with Gasteiger partial charge in [-0.05, 0) is 32.6 Å². The average molecular weight is 210 g/mol. The first-order valence-electron chi connectivity index (χ1n) is 6.41. The van der Waals surface area contributed by atoms with Crippen molar-refractivity contribution < 1.29 is 4.79 Å². The van der Waals surface area contributed by atoms with E-state index in [-0.39, 0.29) is 0 Å². The predicted octanol–water partition coefficient (Wildman–Crippen LogP) is 4.66. The minimum absolute atomic E-state index is 0.333. The van der Waals surface area contributed by atoms with Gasteiger partial charge in [-0.25, -0.2) is 0 Å². The van der Waals surface area contributed by atoms with Crippen LogP contribution in [0.3, 0.4) is 0 Å². The maximum absolute atomic E-state index is 10.7. The van der Waals surface area contributed by atoms with Crippen LogP contribution in [0.1, 0.15) is 71.6 Å². The summed E-state index contributed by atoms with van der Waals surface area (Å²) in [6.45, 7) is 3.85. The molecule has 0 spiro atoms. The number of rotatable bonds is 10. The maximum atomic E-state index is 10.7. The first-order chi connectivity index (χ1) is 7.27. The normalized spacial score (nSPS) is 11.1. The van der Waals surface area contributed by atoms with Crippen molar-refractivity contribution in [2.24, 2.45) is 0 Å². The van der Waals surface area contributed by atoms with Crippen molar-refractivity contribution in [3.63, 3.8) is 0 Å². The Morgan fingerprint density at radius 2 is 1.53 bits per heavy atom. The summed E-state index contributed by atoms with van der Waals surface area (Å²) < 4.78 is 0. The van der Waals surface area contributed by atoms with E-state index in [0.717, 1.165) is 19.3 Å². The molecule has 0 heterocycles. The Hall–Kier alpha value is -0.590. The van der Waals surface area contributed by atoms with Crippen molar-refractivity contribution in [3.05, 3.63) is 12.2 Å². The minimum atomic E-state index is 0.333. The molecule has 0 saturated carbocycles. The summed E-state index contributed by atoms with van der Waals surface area (Å²) in [4.78, 5) is 10.7. The Morgan fingerprint density at radius 1 is 0.933 bits per heavy atom. The molecule has 1 heteroatoms. The maximum Gasteiger partial charge on any atom is 0.129 e. The molecule has 0 amide bonds. The van der Waals surface area contributed by atoms with E-state index in [1.165, 1.54) is 38.5 Å². The molecule has 15 heavy (non-hydrogen) atoms. The number of unbranched alkanes of at least 4 members (excludes halogenated alkanes) is 6. The zero-order valence-electron chi connectivity index (χ0n) is 10.4. The molecule has 88 valence electrons. The summed E-state index contributed by atoms with van der Waals surface area (Å²) >= 11 is 0. The molecular formula is C14H26O. The van der Waals surface area contributed by atoms with Crippen molar-refractivity contribution in [1.29, 1.82) is 0 Å². The van der Waals surface area contributed by atoms with E-state index in [1.54, 1.807) is 6.92 Å². The highest BCUT2D eigenvalue weighted by atomic mass is 16.1. The molecule has 0 aromatic heterocycles. The Morgan fingerprint density at radius 3 is 2.13 bits per heavy atom. The van der Waals surface area contributed by atoms with Crippen LogP contribution >= 0.6 is 0 Å². The molecule has 0 aromatic rings. The zero-order valence-corrected chi connectivity index (χ0v) is 10.4. The fraction of sp³-hybridized carbons (Fsp3) is 0.786. The lowest BCUT2D eigenvalue weighted by Crippen LogP contribution is -1.89.